The topological polar surface area (TPSA) is 50.1 Å². The largest absolute Gasteiger partial charge is 0.462 e. The highest BCUT2D eigenvalue weighted by molar-refractivity contribution is 6.26. The van der Waals surface area contributed by atoms with Gasteiger partial charge < -0.3 is 4.74 Å². The number of alkyl halides is 1. The molecule has 0 heterocycles. The first kappa shape index (κ1) is 13.0. The molecule has 0 aromatic heterocycles. The Morgan fingerprint density at radius 1 is 1.64 bits per heavy atom. The van der Waals surface area contributed by atoms with Crippen molar-refractivity contribution in [2.24, 2.45) is 0 Å². The maximum absolute atomic E-state index is 11.2. The molecule has 0 radical (unpaired) electrons. The second-order valence-corrected chi connectivity index (χ2v) is 2.68. The maximum atomic E-state index is 11.2. The summed E-state index contributed by atoms with van der Waals surface area (Å²) in [5, 5.41) is 8.71. The van der Waals surface area contributed by atoms with Crippen molar-refractivity contribution in [3.63, 3.8) is 0 Å². The van der Waals surface area contributed by atoms with Crippen molar-refractivity contribution in [1.29, 1.82) is 5.26 Å². The molecule has 3 nitrogen and oxygen atoms in total. The van der Waals surface area contributed by atoms with E-state index in [1.54, 1.807) is 13.0 Å². The molecule has 0 spiro atoms. The van der Waals surface area contributed by atoms with E-state index in [0.717, 1.165) is 0 Å². The van der Waals surface area contributed by atoms with Crippen LogP contribution in [-0.2, 0) is 9.53 Å². The van der Waals surface area contributed by atoms with Crippen LogP contribution in [0.4, 0.5) is 0 Å². The zero-order valence-electron chi connectivity index (χ0n) is 7.59. The van der Waals surface area contributed by atoms with Gasteiger partial charge in [0.1, 0.15) is 11.6 Å². The standard InChI is InChI=1S/C9H9Cl2NO2/c1-2-14-9(13)8(6-12)7(5-11)3-4-10/h3-4H,2,5H2,1H3. The number of hydrogen-bond acceptors (Lipinski definition) is 3. The lowest BCUT2D eigenvalue weighted by molar-refractivity contribution is -0.138. The van der Waals surface area contributed by atoms with Crippen LogP contribution in [0.1, 0.15) is 6.92 Å². The first-order valence-electron chi connectivity index (χ1n) is 3.84. The Hall–Kier alpha value is -0.980. The lowest BCUT2D eigenvalue weighted by Gasteiger charge is -2.02. The van der Waals surface area contributed by atoms with E-state index >= 15 is 0 Å². The van der Waals surface area contributed by atoms with E-state index in [0.29, 0.717) is 5.57 Å². The van der Waals surface area contributed by atoms with Crippen LogP contribution < -0.4 is 0 Å². The van der Waals surface area contributed by atoms with Crippen molar-refractivity contribution in [3.05, 3.63) is 22.8 Å². The number of hydrogen-bond donors (Lipinski definition) is 0. The summed E-state index contributed by atoms with van der Waals surface area (Å²) in [4.78, 5) is 11.2. The van der Waals surface area contributed by atoms with E-state index in [4.69, 9.17) is 28.5 Å². The predicted molar refractivity (Wildman–Crippen MR) is 55.0 cm³/mol. The molecule has 0 saturated heterocycles. The second-order valence-electron chi connectivity index (χ2n) is 2.16. The molecule has 0 amide bonds. The van der Waals surface area contributed by atoms with Gasteiger partial charge in [0.15, 0.2) is 0 Å². The summed E-state index contributed by atoms with van der Waals surface area (Å²) in [6.07, 6.45) is 1.39. The molecule has 0 bridgehead atoms. The maximum Gasteiger partial charge on any atom is 0.349 e. The first-order valence-corrected chi connectivity index (χ1v) is 4.81. The summed E-state index contributed by atoms with van der Waals surface area (Å²) < 4.78 is 4.67. The fourth-order valence-corrected chi connectivity index (χ4v) is 1.10. The lowest BCUT2D eigenvalue weighted by Crippen LogP contribution is -2.09. The van der Waals surface area contributed by atoms with Gasteiger partial charge in [0.25, 0.3) is 0 Å². The SMILES string of the molecule is CCOC(=O)C(C#N)=C(C=CCl)CCl. The number of ether oxygens (including phenoxy) is 1. The van der Waals surface area contributed by atoms with Gasteiger partial charge in [-0.3, -0.25) is 0 Å². The molecule has 0 unspecified atom stereocenters. The Morgan fingerprint density at radius 2 is 2.29 bits per heavy atom. The third-order valence-electron chi connectivity index (χ3n) is 1.32. The molecule has 0 aliphatic rings. The van der Waals surface area contributed by atoms with Gasteiger partial charge in [-0.25, -0.2) is 4.79 Å². The molecule has 0 aliphatic carbocycles. The highest BCUT2D eigenvalue weighted by Crippen LogP contribution is 2.10. The van der Waals surface area contributed by atoms with Crippen molar-refractivity contribution in [2.75, 3.05) is 12.5 Å². The number of carbonyl (C=O) groups is 1. The van der Waals surface area contributed by atoms with E-state index in [1.165, 1.54) is 11.6 Å². The summed E-state index contributed by atoms with van der Waals surface area (Å²) >= 11 is 10.9. The monoisotopic (exact) mass is 233 g/mol. The van der Waals surface area contributed by atoms with Crippen molar-refractivity contribution < 1.29 is 9.53 Å². The first-order chi connectivity index (χ1) is 6.71. The van der Waals surface area contributed by atoms with E-state index in [-0.39, 0.29) is 18.1 Å². The van der Waals surface area contributed by atoms with Crippen LogP contribution in [-0.4, -0.2) is 18.5 Å². The van der Waals surface area contributed by atoms with E-state index < -0.39 is 5.97 Å². The number of carbonyl (C=O) groups excluding carboxylic acids is 1. The average Bonchev–Trinajstić information content (AvgIpc) is 2.18. The Morgan fingerprint density at radius 3 is 2.64 bits per heavy atom. The van der Waals surface area contributed by atoms with Gasteiger partial charge in [0.2, 0.25) is 0 Å². The molecule has 0 saturated carbocycles. The van der Waals surface area contributed by atoms with E-state index in [1.807, 2.05) is 0 Å². The molecule has 14 heavy (non-hydrogen) atoms. The predicted octanol–water partition coefficient (Wildman–Crippen LogP) is 2.36. The fraction of sp³-hybridized carbons (Fsp3) is 0.333. The van der Waals surface area contributed by atoms with Crippen LogP contribution >= 0.6 is 23.2 Å². The minimum Gasteiger partial charge on any atom is -0.462 e. The van der Waals surface area contributed by atoms with Crippen molar-refractivity contribution in [3.8, 4) is 6.07 Å². The van der Waals surface area contributed by atoms with Gasteiger partial charge in [-0.15, -0.1) is 11.6 Å². The van der Waals surface area contributed by atoms with Crippen LogP contribution in [0.15, 0.2) is 22.8 Å². The quantitative estimate of drug-likeness (QED) is 0.246. The van der Waals surface area contributed by atoms with Gasteiger partial charge in [0, 0.05) is 11.4 Å². The van der Waals surface area contributed by atoms with E-state index in [9.17, 15) is 4.79 Å². The molecule has 0 rings (SSSR count). The fourth-order valence-electron chi connectivity index (χ4n) is 0.723. The van der Waals surface area contributed by atoms with Gasteiger partial charge in [-0.1, -0.05) is 11.6 Å². The third kappa shape index (κ3) is 3.82. The number of nitrogens with zero attached hydrogens (tertiary/aromatic N) is 1. The highest BCUT2D eigenvalue weighted by Gasteiger charge is 2.13. The average molecular weight is 234 g/mol. The summed E-state index contributed by atoms with van der Waals surface area (Å²) in [5.74, 6) is -0.648. The molecule has 0 aromatic carbocycles. The van der Waals surface area contributed by atoms with Crippen LogP contribution in [0.25, 0.3) is 0 Å². The molecule has 0 aromatic rings. The van der Waals surface area contributed by atoms with E-state index in [2.05, 4.69) is 4.74 Å². The smallest absolute Gasteiger partial charge is 0.349 e. The minimum absolute atomic E-state index is 0.0327. The molecule has 0 atom stereocenters. The minimum atomic E-state index is -0.680. The highest BCUT2D eigenvalue weighted by atomic mass is 35.5. The normalized spacial score (nSPS) is 12.1. The Kier molecular flexibility index (Phi) is 6.91. The molecule has 5 heteroatoms. The number of halogens is 2. The zero-order valence-corrected chi connectivity index (χ0v) is 9.10. The Balaban J connectivity index is 5.00. The molecular weight excluding hydrogens is 225 g/mol. The summed E-state index contributed by atoms with van der Waals surface area (Å²) in [6.45, 7) is 1.87. The summed E-state index contributed by atoms with van der Waals surface area (Å²) in [5.41, 5.74) is 1.43. The molecule has 0 aliphatic heterocycles. The van der Waals surface area contributed by atoms with Crippen molar-refractivity contribution in [2.45, 2.75) is 6.92 Å². The van der Waals surface area contributed by atoms with Crippen LogP contribution in [0, 0.1) is 11.3 Å². The molecular formula is C9H9Cl2NO2. The number of nitriles is 1. The third-order valence-corrected chi connectivity index (χ3v) is 1.73. The Bertz CT molecular complexity index is 302. The van der Waals surface area contributed by atoms with Crippen molar-refractivity contribution in [1.82, 2.24) is 0 Å². The van der Waals surface area contributed by atoms with Crippen LogP contribution in [0.5, 0.6) is 0 Å². The van der Waals surface area contributed by atoms with Crippen molar-refractivity contribution >= 4 is 29.2 Å². The van der Waals surface area contributed by atoms with Crippen LogP contribution in [0.2, 0.25) is 0 Å². The zero-order chi connectivity index (χ0) is 11.0. The molecule has 0 N–H and O–H groups in total. The summed E-state index contributed by atoms with van der Waals surface area (Å²) in [7, 11) is 0. The molecule has 0 fully saturated rings. The summed E-state index contributed by atoms with van der Waals surface area (Å²) in [6, 6.07) is 1.73. The van der Waals surface area contributed by atoms with Gasteiger partial charge in [-0.2, -0.15) is 5.26 Å². The Labute approximate surface area is 92.6 Å². The second kappa shape index (κ2) is 7.43. The van der Waals surface area contributed by atoms with Gasteiger partial charge in [-0.05, 0) is 18.6 Å². The van der Waals surface area contributed by atoms with Crippen LogP contribution in [0.3, 0.4) is 0 Å². The van der Waals surface area contributed by atoms with Gasteiger partial charge >= 0.3 is 5.97 Å². The lowest BCUT2D eigenvalue weighted by atomic mass is 10.1. The molecule has 76 valence electrons. The van der Waals surface area contributed by atoms with Gasteiger partial charge in [0.05, 0.1) is 6.61 Å². The number of rotatable bonds is 4. The number of allylic oxidation sites excluding steroid dienone is 2. The number of esters is 1.